The molecule has 0 bridgehead atoms. The second-order valence-corrected chi connectivity index (χ2v) is 18.6. The predicted molar refractivity (Wildman–Crippen MR) is 288 cm³/mol. The van der Waals surface area contributed by atoms with Crippen LogP contribution in [-0.4, -0.2) is 37.2 Å². The second kappa shape index (κ2) is 55.2. The van der Waals surface area contributed by atoms with Gasteiger partial charge in [0.1, 0.15) is 13.2 Å². The largest absolute Gasteiger partial charge is 0.462 e. The molecule has 0 fully saturated rings. The Hall–Kier alpha value is -3.41. The number of hydrogen-bond donors (Lipinski definition) is 0. The van der Waals surface area contributed by atoms with Crippen molar-refractivity contribution in [1.82, 2.24) is 0 Å². The standard InChI is InChI=1S/C61H104O6/c1-4-7-10-13-16-19-22-25-27-29-30-32-33-36-39-42-45-48-51-54-60(63)66-57-58(56-65-59(62)53-50-47-44-41-38-35-24-21-18-15-12-9-6-3)67-61(64)55-52-49-46-43-40-37-34-31-28-26-23-20-17-14-11-8-5-2/h9,12,15-16,18-19,21-22,24-25,35,38,41,44,58H,4-8,10-11,13-14,17,20,23,26-34,36-37,39-40,42-43,45-57H2,1-3H3/b12-9-,18-15-,19-16-,24-21-,25-22-,38-35-,44-41-. The molecule has 0 aliphatic rings. The van der Waals surface area contributed by atoms with Crippen molar-refractivity contribution in [3.8, 4) is 0 Å². The Labute approximate surface area is 414 Å². The van der Waals surface area contributed by atoms with E-state index in [9.17, 15) is 14.4 Å². The van der Waals surface area contributed by atoms with Crippen LogP contribution in [0.5, 0.6) is 0 Å². The van der Waals surface area contributed by atoms with Crippen molar-refractivity contribution >= 4 is 17.9 Å². The van der Waals surface area contributed by atoms with Gasteiger partial charge in [0, 0.05) is 19.3 Å². The Morgan fingerprint density at radius 2 is 0.597 bits per heavy atom. The quantitative estimate of drug-likeness (QED) is 0.0262. The molecule has 1 atom stereocenters. The van der Waals surface area contributed by atoms with Crippen LogP contribution in [0.2, 0.25) is 0 Å². The first-order chi connectivity index (χ1) is 33.0. The van der Waals surface area contributed by atoms with Crippen LogP contribution in [-0.2, 0) is 28.6 Å². The highest BCUT2D eigenvalue weighted by Crippen LogP contribution is 2.16. The van der Waals surface area contributed by atoms with Crippen molar-refractivity contribution < 1.29 is 28.6 Å². The van der Waals surface area contributed by atoms with Gasteiger partial charge in [0.15, 0.2) is 6.10 Å². The Morgan fingerprint density at radius 1 is 0.313 bits per heavy atom. The summed E-state index contributed by atoms with van der Waals surface area (Å²) < 4.78 is 16.8. The second-order valence-electron chi connectivity index (χ2n) is 18.6. The number of unbranched alkanes of at least 4 members (excludes halogenated alkanes) is 30. The molecule has 0 radical (unpaired) electrons. The molecular weight excluding hydrogens is 829 g/mol. The van der Waals surface area contributed by atoms with Crippen LogP contribution in [0.1, 0.15) is 265 Å². The summed E-state index contributed by atoms with van der Waals surface area (Å²) in [7, 11) is 0. The van der Waals surface area contributed by atoms with E-state index in [4.69, 9.17) is 14.2 Å². The highest BCUT2D eigenvalue weighted by molar-refractivity contribution is 5.71. The fourth-order valence-electron chi connectivity index (χ4n) is 7.82. The maximum absolute atomic E-state index is 12.8. The van der Waals surface area contributed by atoms with E-state index in [-0.39, 0.29) is 37.5 Å². The summed E-state index contributed by atoms with van der Waals surface area (Å²) in [6.45, 7) is 6.42. The van der Waals surface area contributed by atoms with Crippen LogP contribution in [0.3, 0.4) is 0 Å². The van der Waals surface area contributed by atoms with Gasteiger partial charge in [-0.1, -0.05) is 273 Å². The van der Waals surface area contributed by atoms with Gasteiger partial charge in [-0.05, 0) is 57.8 Å². The summed E-state index contributed by atoms with van der Waals surface area (Å²) in [5, 5.41) is 0. The number of rotatable bonds is 50. The minimum absolute atomic E-state index is 0.0991. The normalized spacial score (nSPS) is 12.7. The van der Waals surface area contributed by atoms with Gasteiger partial charge in [-0.15, -0.1) is 0 Å². The van der Waals surface area contributed by atoms with E-state index in [1.165, 1.54) is 167 Å². The van der Waals surface area contributed by atoms with Crippen LogP contribution in [0.25, 0.3) is 0 Å². The van der Waals surface area contributed by atoms with Gasteiger partial charge >= 0.3 is 17.9 Å². The van der Waals surface area contributed by atoms with E-state index in [1.807, 2.05) is 54.7 Å². The molecule has 6 heteroatoms. The van der Waals surface area contributed by atoms with Crippen LogP contribution in [0.4, 0.5) is 0 Å². The van der Waals surface area contributed by atoms with Gasteiger partial charge in [-0.3, -0.25) is 14.4 Å². The van der Waals surface area contributed by atoms with Crippen molar-refractivity contribution in [3.63, 3.8) is 0 Å². The van der Waals surface area contributed by atoms with Crippen LogP contribution in [0.15, 0.2) is 85.1 Å². The molecule has 0 heterocycles. The zero-order valence-electron chi connectivity index (χ0n) is 43.9. The number of allylic oxidation sites excluding steroid dienone is 14. The average Bonchev–Trinajstić information content (AvgIpc) is 3.33. The van der Waals surface area contributed by atoms with E-state index < -0.39 is 6.10 Å². The van der Waals surface area contributed by atoms with Gasteiger partial charge < -0.3 is 14.2 Å². The number of esters is 3. The molecule has 0 spiro atoms. The highest BCUT2D eigenvalue weighted by Gasteiger charge is 2.19. The predicted octanol–water partition coefficient (Wildman–Crippen LogP) is 18.8. The number of hydrogen-bond acceptors (Lipinski definition) is 6. The van der Waals surface area contributed by atoms with Crippen molar-refractivity contribution in [1.29, 1.82) is 0 Å². The maximum Gasteiger partial charge on any atom is 0.306 e. The molecule has 0 aromatic carbocycles. The zero-order chi connectivity index (χ0) is 48.6. The van der Waals surface area contributed by atoms with Gasteiger partial charge in [0.05, 0.1) is 0 Å². The molecule has 0 rings (SSSR count). The summed E-state index contributed by atoms with van der Waals surface area (Å²) in [5.74, 6) is -0.972. The van der Waals surface area contributed by atoms with Crippen molar-refractivity contribution in [2.75, 3.05) is 13.2 Å². The Bertz CT molecular complexity index is 1300. The summed E-state index contributed by atoms with van der Waals surface area (Å²) in [5.41, 5.74) is 0. The highest BCUT2D eigenvalue weighted by atomic mass is 16.6. The number of carbonyl (C=O) groups is 3. The smallest absolute Gasteiger partial charge is 0.306 e. The molecule has 0 aliphatic carbocycles. The number of ether oxygens (including phenoxy) is 3. The third-order valence-electron chi connectivity index (χ3n) is 12.0. The summed E-state index contributed by atoms with van der Waals surface area (Å²) in [4.78, 5) is 38.1. The molecule has 0 aromatic rings. The Kier molecular flexibility index (Phi) is 52.4. The van der Waals surface area contributed by atoms with Crippen LogP contribution in [0, 0.1) is 0 Å². The molecule has 6 nitrogen and oxygen atoms in total. The summed E-state index contributed by atoms with van der Waals surface area (Å²) in [6.07, 6.45) is 71.5. The third-order valence-corrected chi connectivity index (χ3v) is 12.0. The van der Waals surface area contributed by atoms with E-state index in [0.29, 0.717) is 19.3 Å². The SMILES string of the molecule is CC\C=C/C=C\C=C/C=C\C=C/CCCC(=O)OCC(COC(=O)CCCCCCCCCCCC/C=C\C=C/CCCCC)OC(=O)CCCCCCCCCCCCCCCCCCC. The molecule has 0 saturated heterocycles. The fraction of sp³-hybridized carbons (Fsp3) is 0.721. The van der Waals surface area contributed by atoms with E-state index >= 15 is 0 Å². The van der Waals surface area contributed by atoms with E-state index in [0.717, 1.165) is 51.4 Å². The minimum atomic E-state index is -0.805. The minimum Gasteiger partial charge on any atom is -0.462 e. The lowest BCUT2D eigenvalue weighted by Gasteiger charge is -2.18. The lowest BCUT2D eigenvalue weighted by atomic mass is 10.0. The first-order valence-corrected chi connectivity index (χ1v) is 28.2. The third kappa shape index (κ3) is 53.4. The van der Waals surface area contributed by atoms with Crippen molar-refractivity contribution in [3.05, 3.63) is 85.1 Å². The van der Waals surface area contributed by atoms with Gasteiger partial charge in [0.2, 0.25) is 0 Å². The van der Waals surface area contributed by atoms with E-state index in [2.05, 4.69) is 51.2 Å². The molecule has 0 N–H and O–H groups in total. The monoisotopic (exact) mass is 933 g/mol. The topological polar surface area (TPSA) is 78.9 Å². The molecule has 384 valence electrons. The van der Waals surface area contributed by atoms with Gasteiger partial charge in [-0.25, -0.2) is 0 Å². The van der Waals surface area contributed by atoms with Crippen LogP contribution < -0.4 is 0 Å². The van der Waals surface area contributed by atoms with E-state index in [1.54, 1.807) is 0 Å². The molecule has 0 aliphatic heterocycles. The van der Waals surface area contributed by atoms with Gasteiger partial charge in [-0.2, -0.15) is 0 Å². The molecule has 1 unspecified atom stereocenters. The lowest BCUT2D eigenvalue weighted by Crippen LogP contribution is -2.30. The number of carbonyl (C=O) groups excluding carboxylic acids is 3. The molecular formula is C61H104O6. The molecule has 0 amide bonds. The first-order valence-electron chi connectivity index (χ1n) is 28.2. The molecule has 0 aromatic heterocycles. The summed E-state index contributed by atoms with van der Waals surface area (Å²) in [6, 6.07) is 0. The summed E-state index contributed by atoms with van der Waals surface area (Å²) >= 11 is 0. The van der Waals surface area contributed by atoms with Crippen molar-refractivity contribution in [2.24, 2.45) is 0 Å². The lowest BCUT2D eigenvalue weighted by molar-refractivity contribution is -0.167. The molecule has 67 heavy (non-hydrogen) atoms. The molecule has 0 saturated carbocycles. The maximum atomic E-state index is 12.8. The van der Waals surface area contributed by atoms with Crippen LogP contribution >= 0.6 is 0 Å². The zero-order valence-corrected chi connectivity index (χ0v) is 43.9. The van der Waals surface area contributed by atoms with Gasteiger partial charge in [0.25, 0.3) is 0 Å². The van der Waals surface area contributed by atoms with Crippen molar-refractivity contribution in [2.45, 2.75) is 271 Å². The Morgan fingerprint density at radius 3 is 1.01 bits per heavy atom. The first kappa shape index (κ1) is 63.6. The Balaban J connectivity index is 4.42. The fourth-order valence-corrected chi connectivity index (χ4v) is 7.82. The average molecular weight is 933 g/mol.